The van der Waals surface area contributed by atoms with Gasteiger partial charge in [-0.2, -0.15) is 5.10 Å². The summed E-state index contributed by atoms with van der Waals surface area (Å²) in [5.41, 5.74) is 5.51. The van der Waals surface area contributed by atoms with Crippen LogP contribution in [0.1, 0.15) is 46.9 Å². The van der Waals surface area contributed by atoms with Crippen LogP contribution < -0.4 is 30.3 Å². The fourth-order valence-electron chi connectivity index (χ4n) is 4.51. The van der Waals surface area contributed by atoms with E-state index in [0.717, 1.165) is 5.56 Å². The molecule has 2 amide bonds. The van der Waals surface area contributed by atoms with Crippen molar-refractivity contribution in [2.45, 2.75) is 32.7 Å². The largest absolute Gasteiger partial charge is 0.490 e. The molecular weight excluding hydrogens is 744 g/mol. The molecule has 1 aliphatic rings. The van der Waals surface area contributed by atoms with Crippen LogP contribution >= 0.6 is 31.9 Å². The van der Waals surface area contributed by atoms with Crippen molar-refractivity contribution in [1.82, 2.24) is 16.1 Å². The number of benzene rings is 3. The minimum absolute atomic E-state index is 0.180. The summed E-state index contributed by atoms with van der Waals surface area (Å²) < 4.78 is 23.7. The second kappa shape index (κ2) is 16.3. The zero-order valence-corrected chi connectivity index (χ0v) is 28.7. The average Bonchev–Trinajstić information content (AvgIpc) is 3.03. The number of aliphatic hydroxyl groups is 1. The standard InChI is InChI=1S/C32H32Br2N4O9/c1-4-45-25-13-21(28-27(31(42)44-3)17(2)36-32(43)37-28)9-10-24(25)46-16-26(39)38-35-14-19-11-22(33)29(23(34)12-19)47-15-18-5-7-20(8-6-18)30(40)41/h5-14,26,28,38-39H,4,15-16H2,1-3H3,(H,40,41)(H2,36,37,43)/b35-14-/t26-,28+/m1/s1. The number of nitrogens with one attached hydrogen (secondary N) is 3. The number of hydrogen-bond donors (Lipinski definition) is 5. The summed E-state index contributed by atoms with van der Waals surface area (Å²) in [6.45, 7) is 3.78. The molecule has 0 spiro atoms. The Balaban J connectivity index is 1.36. The second-order valence-corrected chi connectivity index (χ2v) is 11.7. The van der Waals surface area contributed by atoms with Gasteiger partial charge in [0, 0.05) is 5.70 Å². The van der Waals surface area contributed by atoms with E-state index in [0.29, 0.717) is 49.6 Å². The number of aromatic carboxylic acids is 1. The zero-order valence-electron chi connectivity index (χ0n) is 25.5. The number of rotatable bonds is 14. The number of carbonyl (C=O) groups excluding carboxylic acids is 2. The highest BCUT2D eigenvalue weighted by molar-refractivity contribution is 9.11. The Morgan fingerprint density at radius 1 is 1.04 bits per heavy atom. The van der Waals surface area contributed by atoms with Crippen LogP contribution in [0.5, 0.6) is 17.2 Å². The van der Waals surface area contributed by atoms with Crippen LogP contribution in [0, 0.1) is 0 Å². The van der Waals surface area contributed by atoms with E-state index in [2.05, 4.69) is 53.0 Å². The summed E-state index contributed by atoms with van der Waals surface area (Å²) in [5, 5.41) is 28.9. The van der Waals surface area contributed by atoms with E-state index in [9.17, 15) is 19.5 Å². The van der Waals surface area contributed by atoms with Gasteiger partial charge in [0.15, 0.2) is 17.7 Å². The number of carboxylic acids is 1. The van der Waals surface area contributed by atoms with Gasteiger partial charge in [0.1, 0.15) is 19.0 Å². The first-order valence-electron chi connectivity index (χ1n) is 14.2. The molecule has 47 heavy (non-hydrogen) atoms. The maximum absolute atomic E-state index is 12.5. The van der Waals surface area contributed by atoms with E-state index >= 15 is 0 Å². The molecule has 4 rings (SSSR count). The van der Waals surface area contributed by atoms with E-state index in [4.69, 9.17) is 24.1 Å². The number of amides is 2. The van der Waals surface area contributed by atoms with E-state index in [1.807, 2.05) is 0 Å². The monoisotopic (exact) mass is 774 g/mol. The molecule has 0 fully saturated rings. The highest BCUT2D eigenvalue weighted by Gasteiger charge is 2.32. The Kier molecular flexibility index (Phi) is 12.2. The fourth-order valence-corrected chi connectivity index (χ4v) is 5.96. The summed E-state index contributed by atoms with van der Waals surface area (Å²) in [6.07, 6.45) is 0.331. The van der Waals surface area contributed by atoms with Crippen molar-refractivity contribution in [2.24, 2.45) is 5.10 Å². The van der Waals surface area contributed by atoms with Gasteiger partial charge >= 0.3 is 18.0 Å². The minimum Gasteiger partial charge on any atom is -0.490 e. The van der Waals surface area contributed by atoms with Crippen molar-refractivity contribution in [3.8, 4) is 17.2 Å². The van der Waals surface area contributed by atoms with Gasteiger partial charge in [0.05, 0.1) is 46.1 Å². The lowest BCUT2D eigenvalue weighted by atomic mass is 9.95. The number of esters is 1. The summed E-state index contributed by atoms with van der Waals surface area (Å²) in [5.74, 6) is -0.337. The molecule has 0 saturated carbocycles. The number of aliphatic hydroxyl groups excluding tert-OH is 1. The lowest BCUT2D eigenvalue weighted by molar-refractivity contribution is -0.136. The number of carbonyl (C=O) groups is 3. The number of ether oxygens (including phenoxy) is 4. The molecule has 0 bridgehead atoms. The molecule has 5 N–H and O–H groups in total. The third kappa shape index (κ3) is 9.24. The van der Waals surface area contributed by atoms with Crippen LogP contribution in [0.25, 0.3) is 0 Å². The highest BCUT2D eigenvalue weighted by Crippen LogP contribution is 2.36. The molecule has 1 aliphatic heterocycles. The van der Waals surface area contributed by atoms with Gasteiger partial charge in [-0.25, -0.2) is 14.4 Å². The number of urea groups is 1. The third-order valence-electron chi connectivity index (χ3n) is 6.71. The zero-order chi connectivity index (χ0) is 34.1. The molecule has 0 unspecified atom stereocenters. The number of methoxy groups -OCH3 is 1. The molecule has 3 aromatic carbocycles. The van der Waals surface area contributed by atoms with Gasteiger partial charge in [-0.3, -0.25) is 5.43 Å². The van der Waals surface area contributed by atoms with Gasteiger partial charge in [-0.1, -0.05) is 18.2 Å². The Morgan fingerprint density at radius 2 is 1.74 bits per heavy atom. The summed E-state index contributed by atoms with van der Waals surface area (Å²) in [7, 11) is 1.27. The van der Waals surface area contributed by atoms with Gasteiger partial charge in [0.25, 0.3) is 0 Å². The second-order valence-electron chi connectivity index (χ2n) is 10.0. The molecule has 0 radical (unpaired) electrons. The maximum Gasteiger partial charge on any atom is 0.337 e. The highest BCUT2D eigenvalue weighted by atomic mass is 79.9. The maximum atomic E-state index is 12.5. The van der Waals surface area contributed by atoms with E-state index < -0.39 is 30.2 Å². The summed E-state index contributed by atoms with van der Waals surface area (Å²) in [6, 6.07) is 13.7. The number of allylic oxidation sites excluding steroid dienone is 1. The molecule has 15 heteroatoms. The molecule has 248 valence electrons. The molecule has 3 aromatic rings. The smallest absolute Gasteiger partial charge is 0.337 e. The number of halogens is 2. The SMILES string of the molecule is CCOc1cc([C@@H]2NC(=O)NC(C)=C2C(=O)OC)ccc1OC[C@@H](O)N/N=C\c1cc(Br)c(OCc2ccc(C(=O)O)cc2)c(Br)c1. The number of hydrogen-bond acceptors (Lipinski definition) is 10. The Morgan fingerprint density at radius 3 is 2.38 bits per heavy atom. The Bertz CT molecular complexity index is 1670. The molecule has 13 nitrogen and oxygen atoms in total. The number of nitrogens with zero attached hydrogens (tertiary/aromatic N) is 1. The van der Waals surface area contributed by atoms with Gasteiger partial charge in [-0.15, -0.1) is 0 Å². The first-order chi connectivity index (χ1) is 22.5. The van der Waals surface area contributed by atoms with Gasteiger partial charge < -0.3 is 39.8 Å². The molecular formula is C32H32Br2N4O9. The quantitative estimate of drug-likeness (QED) is 0.0648. The first-order valence-corrected chi connectivity index (χ1v) is 15.8. The van der Waals surface area contributed by atoms with Gasteiger partial charge in [0.2, 0.25) is 0 Å². The van der Waals surface area contributed by atoms with Crippen LogP contribution in [0.15, 0.2) is 79.9 Å². The van der Waals surface area contributed by atoms with Crippen molar-refractivity contribution >= 4 is 56.0 Å². The van der Waals surface area contributed by atoms with Crippen LogP contribution in [-0.4, -0.2) is 60.9 Å². The summed E-state index contributed by atoms with van der Waals surface area (Å²) >= 11 is 7.00. The van der Waals surface area contributed by atoms with Crippen molar-refractivity contribution in [3.05, 3.63) is 97.1 Å². The van der Waals surface area contributed by atoms with E-state index in [1.54, 1.807) is 56.3 Å². The van der Waals surface area contributed by atoms with Crippen LogP contribution in [0.2, 0.25) is 0 Å². The Labute approximate surface area is 287 Å². The average molecular weight is 776 g/mol. The van der Waals surface area contributed by atoms with Gasteiger partial charge in [-0.05, 0) is 98.8 Å². The summed E-state index contributed by atoms with van der Waals surface area (Å²) in [4.78, 5) is 35.7. The van der Waals surface area contributed by atoms with Crippen LogP contribution in [0.4, 0.5) is 4.79 Å². The van der Waals surface area contributed by atoms with E-state index in [-0.39, 0.29) is 24.4 Å². The van der Waals surface area contributed by atoms with Crippen molar-refractivity contribution in [1.29, 1.82) is 0 Å². The minimum atomic E-state index is -1.18. The predicted molar refractivity (Wildman–Crippen MR) is 179 cm³/mol. The molecule has 0 aromatic heterocycles. The lowest BCUT2D eigenvalue weighted by Gasteiger charge is -2.28. The van der Waals surface area contributed by atoms with Crippen molar-refractivity contribution in [2.75, 3.05) is 20.3 Å². The third-order valence-corrected chi connectivity index (χ3v) is 7.89. The van der Waals surface area contributed by atoms with Crippen LogP contribution in [0.3, 0.4) is 0 Å². The fraction of sp³-hybridized carbons (Fsp3) is 0.250. The molecule has 0 saturated heterocycles. The van der Waals surface area contributed by atoms with Crippen molar-refractivity contribution in [3.63, 3.8) is 0 Å². The number of hydrazone groups is 1. The normalized spacial score (nSPS) is 15.0. The van der Waals surface area contributed by atoms with Crippen molar-refractivity contribution < 1.29 is 43.5 Å². The predicted octanol–water partition coefficient (Wildman–Crippen LogP) is 5.01. The molecule has 1 heterocycles. The topological polar surface area (TPSA) is 177 Å². The number of carboxylic acid groups (broad SMARTS) is 1. The molecule has 2 atom stereocenters. The van der Waals surface area contributed by atoms with E-state index in [1.165, 1.54) is 25.5 Å². The molecule has 0 aliphatic carbocycles. The van der Waals surface area contributed by atoms with Crippen LogP contribution in [-0.2, 0) is 16.1 Å². The lowest BCUT2D eigenvalue weighted by Crippen LogP contribution is -2.45. The first kappa shape index (κ1) is 35.3. The Hall–Kier alpha value is -4.60.